The average molecular weight is 256 g/mol. The molecule has 1 aliphatic heterocycles. The lowest BCUT2D eigenvalue weighted by Crippen LogP contribution is -2.39. The number of aromatic amines is 1. The number of ether oxygens (including phenoxy) is 1. The van der Waals surface area contributed by atoms with Gasteiger partial charge in [0.15, 0.2) is 0 Å². The molecule has 0 aliphatic carbocycles. The molecular formula is C16H20N2O. The highest BCUT2D eigenvalue weighted by atomic mass is 16.5. The number of hydrogen-bond acceptors (Lipinski definition) is 2. The van der Waals surface area contributed by atoms with E-state index in [2.05, 4.69) is 47.3 Å². The Balaban J connectivity index is 1.93. The van der Waals surface area contributed by atoms with Crippen molar-refractivity contribution in [1.29, 1.82) is 0 Å². The van der Waals surface area contributed by atoms with Gasteiger partial charge in [0, 0.05) is 23.6 Å². The maximum absolute atomic E-state index is 5.55. The van der Waals surface area contributed by atoms with Crippen molar-refractivity contribution in [3.05, 3.63) is 47.9 Å². The molecule has 0 saturated carbocycles. The van der Waals surface area contributed by atoms with E-state index in [1.54, 1.807) is 7.11 Å². The third-order valence-corrected chi connectivity index (χ3v) is 4.02. The highest BCUT2D eigenvalue weighted by Gasteiger charge is 2.24. The van der Waals surface area contributed by atoms with Crippen molar-refractivity contribution in [3.63, 3.8) is 0 Å². The first kappa shape index (κ1) is 12.3. The van der Waals surface area contributed by atoms with Crippen LogP contribution in [-0.2, 0) is 11.2 Å². The molecule has 0 spiro atoms. The molecule has 2 aromatic rings. The van der Waals surface area contributed by atoms with Crippen molar-refractivity contribution in [2.45, 2.75) is 18.9 Å². The molecule has 1 aliphatic rings. The van der Waals surface area contributed by atoms with E-state index < -0.39 is 0 Å². The summed E-state index contributed by atoms with van der Waals surface area (Å²) < 4.78 is 5.55. The number of nitrogens with zero attached hydrogens (tertiary/aromatic N) is 1. The van der Waals surface area contributed by atoms with Crippen molar-refractivity contribution in [3.8, 4) is 0 Å². The van der Waals surface area contributed by atoms with Gasteiger partial charge in [-0.2, -0.15) is 0 Å². The molecule has 0 radical (unpaired) electrons. The molecule has 1 atom stereocenters. The standard InChI is InChI=1S/C16H20N2O/c1-18-10-4-7-16(19-2)15(18)11-12-5-3-6-14-13(12)8-9-17-14/h3,5-9,15,17H,4,10-11H2,1-2H3. The maximum Gasteiger partial charge on any atom is 0.109 e. The van der Waals surface area contributed by atoms with Gasteiger partial charge in [-0.25, -0.2) is 0 Å². The molecule has 3 rings (SSSR count). The molecule has 19 heavy (non-hydrogen) atoms. The Morgan fingerprint density at radius 2 is 2.26 bits per heavy atom. The van der Waals surface area contributed by atoms with E-state index >= 15 is 0 Å². The van der Waals surface area contributed by atoms with E-state index in [0.717, 1.165) is 25.1 Å². The first-order valence-electron chi connectivity index (χ1n) is 6.79. The Labute approximate surface area is 113 Å². The van der Waals surface area contributed by atoms with Crippen molar-refractivity contribution < 1.29 is 4.74 Å². The van der Waals surface area contributed by atoms with Crippen LogP contribution in [0.3, 0.4) is 0 Å². The van der Waals surface area contributed by atoms with Gasteiger partial charge in [-0.15, -0.1) is 0 Å². The summed E-state index contributed by atoms with van der Waals surface area (Å²) in [6, 6.07) is 8.96. The fraction of sp³-hybridized carbons (Fsp3) is 0.375. The number of hydrogen-bond donors (Lipinski definition) is 1. The summed E-state index contributed by atoms with van der Waals surface area (Å²) in [5.74, 6) is 1.10. The van der Waals surface area contributed by atoms with Crippen LogP contribution in [0.2, 0.25) is 0 Å². The highest BCUT2D eigenvalue weighted by Crippen LogP contribution is 2.25. The van der Waals surface area contributed by atoms with Gasteiger partial charge in [-0.3, -0.25) is 4.90 Å². The Bertz CT molecular complexity index is 600. The molecule has 1 aromatic carbocycles. The van der Waals surface area contributed by atoms with Crippen molar-refractivity contribution in [2.24, 2.45) is 0 Å². The zero-order valence-electron chi connectivity index (χ0n) is 11.5. The van der Waals surface area contributed by atoms with Crippen LogP contribution in [0.15, 0.2) is 42.3 Å². The number of H-pyrrole nitrogens is 1. The van der Waals surface area contributed by atoms with Crippen LogP contribution in [-0.4, -0.2) is 36.6 Å². The van der Waals surface area contributed by atoms with Crippen LogP contribution in [0.4, 0.5) is 0 Å². The zero-order chi connectivity index (χ0) is 13.2. The van der Waals surface area contributed by atoms with Gasteiger partial charge in [0.05, 0.1) is 13.2 Å². The van der Waals surface area contributed by atoms with Crippen molar-refractivity contribution in [2.75, 3.05) is 20.7 Å². The molecular weight excluding hydrogens is 236 g/mol. The highest BCUT2D eigenvalue weighted by molar-refractivity contribution is 5.82. The third kappa shape index (κ3) is 2.26. The van der Waals surface area contributed by atoms with Gasteiger partial charge < -0.3 is 9.72 Å². The van der Waals surface area contributed by atoms with Gasteiger partial charge >= 0.3 is 0 Å². The lowest BCUT2D eigenvalue weighted by Gasteiger charge is -2.32. The topological polar surface area (TPSA) is 28.3 Å². The van der Waals surface area contributed by atoms with Crippen LogP contribution in [0.25, 0.3) is 10.9 Å². The average Bonchev–Trinajstić information content (AvgIpc) is 2.90. The zero-order valence-corrected chi connectivity index (χ0v) is 11.5. The first-order valence-corrected chi connectivity index (χ1v) is 6.79. The van der Waals surface area contributed by atoms with Crippen LogP contribution < -0.4 is 0 Å². The van der Waals surface area contributed by atoms with E-state index in [1.165, 1.54) is 16.5 Å². The smallest absolute Gasteiger partial charge is 0.109 e. The number of fused-ring (bicyclic) bond motifs is 1. The quantitative estimate of drug-likeness (QED) is 0.914. The van der Waals surface area contributed by atoms with E-state index in [4.69, 9.17) is 4.74 Å². The summed E-state index contributed by atoms with van der Waals surface area (Å²) in [5, 5.41) is 1.32. The predicted molar refractivity (Wildman–Crippen MR) is 78.1 cm³/mol. The Hall–Kier alpha value is -1.74. The monoisotopic (exact) mass is 256 g/mol. The molecule has 3 heteroatoms. The lowest BCUT2D eigenvalue weighted by atomic mass is 9.97. The van der Waals surface area contributed by atoms with Gasteiger partial charge in [-0.1, -0.05) is 12.1 Å². The number of rotatable bonds is 3. The fourth-order valence-electron chi connectivity index (χ4n) is 2.93. The predicted octanol–water partition coefficient (Wildman–Crippen LogP) is 2.94. The second-order valence-electron chi connectivity index (χ2n) is 5.16. The maximum atomic E-state index is 5.55. The molecule has 0 bridgehead atoms. The number of nitrogens with one attached hydrogen (secondary N) is 1. The van der Waals surface area contributed by atoms with Gasteiger partial charge in [0.1, 0.15) is 5.76 Å². The van der Waals surface area contributed by atoms with E-state index in [0.29, 0.717) is 6.04 Å². The summed E-state index contributed by atoms with van der Waals surface area (Å²) in [5.41, 5.74) is 2.58. The van der Waals surface area contributed by atoms with Crippen LogP contribution in [0.5, 0.6) is 0 Å². The second kappa shape index (κ2) is 5.10. The Morgan fingerprint density at radius 3 is 3.11 bits per heavy atom. The number of methoxy groups -OCH3 is 1. The molecule has 2 heterocycles. The van der Waals surface area contributed by atoms with E-state index in [9.17, 15) is 0 Å². The molecule has 1 unspecified atom stereocenters. The first-order chi connectivity index (χ1) is 9.29. The molecule has 100 valence electrons. The van der Waals surface area contributed by atoms with Gasteiger partial charge in [0.2, 0.25) is 0 Å². The Kier molecular flexibility index (Phi) is 3.30. The molecule has 1 N–H and O–H groups in total. The minimum absolute atomic E-state index is 0.347. The number of aromatic nitrogens is 1. The van der Waals surface area contributed by atoms with Crippen LogP contribution in [0.1, 0.15) is 12.0 Å². The number of likely N-dealkylation sites (N-methyl/N-ethyl adjacent to an activating group) is 1. The molecule has 1 aromatic heterocycles. The molecule has 0 saturated heterocycles. The second-order valence-corrected chi connectivity index (χ2v) is 5.16. The minimum atomic E-state index is 0.347. The molecule has 0 fully saturated rings. The molecule has 0 amide bonds. The third-order valence-electron chi connectivity index (χ3n) is 4.02. The summed E-state index contributed by atoms with van der Waals surface area (Å²) in [6.45, 7) is 1.10. The van der Waals surface area contributed by atoms with Gasteiger partial charge in [-0.05, 0) is 43.7 Å². The van der Waals surface area contributed by atoms with Crippen molar-refractivity contribution >= 4 is 10.9 Å². The number of benzene rings is 1. The Morgan fingerprint density at radius 1 is 1.37 bits per heavy atom. The van der Waals surface area contributed by atoms with Crippen molar-refractivity contribution in [1.82, 2.24) is 9.88 Å². The summed E-state index contributed by atoms with van der Waals surface area (Å²) in [7, 11) is 3.95. The summed E-state index contributed by atoms with van der Waals surface area (Å²) in [4.78, 5) is 5.65. The van der Waals surface area contributed by atoms with E-state index in [1.807, 2.05) is 6.20 Å². The summed E-state index contributed by atoms with van der Waals surface area (Å²) >= 11 is 0. The largest absolute Gasteiger partial charge is 0.500 e. The van der Waals surface area contributed by atoms with Gasteiger partial charge in [0.25, 0.3) is 0 Å². The van der Waals surface area contributed by atoms with E-state index in [-0.39, 0.29) is 0 Å². The fourth-order valence-corrected chi connectivity index (χ4v) is 2.93. The van der Waals surface area contributed by atoms with Crippen LogP contribution in [0, 0.1) is 0 Å². The normalized spacial score (nSPS) is 20.5. The van der Waals surface area contributed by atoms with Crippen LogP contribution >= 0.6 is 0 Å². The summed E-state index contributed by atoms with van der Waals surface area (Å²) in [6.07, 6.45) is 6.30. The minimum Gasteiger partial charge on any atom is -0.500 e. The molecule has 3 nitrogen and oxygen atoms in total. The SMILES string of the molecule is COC1=CCCN(C)C1Cc1cccc2[nH]ccc12. The lowest BCUT2D eigenvalue weighted by molar-refractivity contribution is 0.160.